The van der Waals surface area contributed by atoms with Gasteiger partial charge in [-0.25, -0.2) is 4.98 Å². The van der Waals surface area contributed by atoms with E-state index in [0.717, 1.165) is 67.6 Å². The molecule has 1 aliphatic heterocycles. The molecule has 4 rings (SSSR count). The topological polar surface area (TPSA) is 69.2 Å². The first-order valence-electron chi connectivity index (χ1n) is 9.47. The standard InChI is InChI=1S/C20H24ClN7/c1-27-10-12-28(13-11-27)20-25-7-5-19(26-20)24-9-8-23-17-4-6-22-18-14-15(21)2-3-16(17)18/h2-7,14H,8-13H2,1H3,(H,22,23)(H,24,25,26). The summed E-state index contributed by atoms with van der Waals surface area (Å²) in [6, 6.07) is 9.64. The van der Waals surface area contributed by atoms with E-state index >= 15 is 0 Å². The molecule has 1 saturated heterocycles. The maximum Gasteiger partial charge on any atom is 0.227 e. The summed E-state index contributed by atoms with van der Waals surface area (Å²) in [5, 5.41) is 8.58. The Balaban J connectivity index is 1.33. The fourth-order valence-electron chi connectivity index (χ4n) is 3.27. The van der Waals surface area contributed by atoms with E-state index in [1.165, 1.54) is 0 Å². The van der Waals surface area contributed by atoms with Crippen LogP contribution in [0.5, 0.6) is 0 Å². The molecule has 3 aromatic rings. The molecule has 0 radical (unpaired) electrons. The number of fused-ring (bicyclic) bond motifs is 1. The maximum absolute atomic E-state index is 6.05. The van der Waals surface area contributed by atoms with E-state index in [1.807, 2.05) is 36.5 Å². The van der Waals surface area contributed by atoms with Gasteiger partial charge in [-0.3, -0.25) is 4.98 Å². The minimum Gasteiger partial charge on any atom is -0.383 e. The van der Waals surface area contributed by atoms with Crippen LogP contribution in [-0.4, -0.2) is 66.2 Å². The van der Waals surface area contributed by atoms with Gasteiger partial charge in [0.25, 0.3) is 0 Å². The first-order chi connectivity index (χ1) is 13.7. The van der Waals surface area contributed by atoms with Crippen LogP contribution < -0.4 is 15.5 Å². The molecular formula is C20H24ClN7. The first-order valence-corrected chi connectivity index (χ1v) is 9.85. The third-order valence-corrected chi connectivity index (χ3v) is 5.12. The van der Waals surface area contributed by atoms with Gasteiger partial charge in [-0.1, -0.05) is 11.6 Å². The zero-order chi connectivity index (χ0) is 19.3. The van der Waals surface area contributed by atoms with E-state index in [4.69, 9.17) is 11.6 Å². The van der Waals surface area contributed by atoms with Crippen LogP contribution in [0.15, 0.2) is 42.7 Å². The highest BCUT2D eigenvalue weighted by atomic mass is 35.5. The number of rotatable bonds is 6. The van der Waals surface area contributed by atoms with E-state index in [1.54, 1.807) is 6.20 Å². The average molecular weight is 398 g/mol. The summed E-state index contributed by atoms with van der Waals surface area (Å²) in [5.41, 5.74) is 1.93. The summed E-state index contributed by atoms with van der Waals surface area (Å²) in [5.74, 6) is 1.64. The van der Waals surface area contributed by atoms with Gasteiger partial charge in [-0.2, -0.15) is 4.98 Å². The van der Waals surface area contributed by atoms with Crippen LogP contribution >= 0.6 is 11.6 Å². The van der Waals surface area contributed by atoms with Crippen molar-refractivity contribution in [2.75, 3.05) is 61.8 Å². The second-order valence-electron chi connectivity index (χ2n) is 6.91. The summed E-state index contributed by atoms with van der Waals surface area (Å²) in [6.45, 7) is 5.50. The largest absolute Gasteiger partial charge is 0.383 e. The highest BCUT2D eigenvalue weighted by Gasteiger charge is 2.16. The highest BCUT2D eigenvalue weighted by Crippen LogP contribution is 2.24. The van der Waals surface area contributed by atoms with Gasteiger partial charge in [-0.05, 0) is 37.4 Å². The van der Waals surface area contributed by atoms with Gasteiger partial charge in [0.1, 0.15) is 5.82 Å². The van der Waals surface area contributed by atoms with E-state index in [2.05, 4.69) is 42.4 Å². The molecule has 0 amide bonds. The van der Waals surface area contributed by atoms with E-state index in [9.17, 15) is 0 Å². The number of halogens is 1. The SMILES string of the molecule is CN1CCN(c2nccc(NCCNc3ccnc4cc(Cl)ccc34)n2)CC1. The second kappa shape index (κ2) is 8.58. The fourth-order valence-corrected chi connectivity index (χ4v) is 3.44. The van der Waals surface area contributed by atoms with E-state index in [-0.39, 0.29) is 0 Å². The van der Waals surface area contributed by atoms with Crippen molar-refractivity contribution in [3.63, 3.8) is 0 Å². The number of aromatic nitrogens is 3. The van der Waals surface area contributed by atoms with Crippen molar-refractivity contribution in [3.05, 3.63) is 47.7 Å². The summed E-state index contributed by atoms with van der Waals surface area (Å²) >= 11 is 6.05. The molecule has 3 heterocycles. The second-order valence-corrected chi connectivity index (χ2v) is 7.34. The summed E-state index contributed by atoms with van der Waals surface area (Å²) in [6.07, 6.45) is 3.61. The Labute approximate surface area is 169 Å². The Hall–Kier alpha value is -2.64. The van der Waals surface area contributed by atoms with Crippen LogP contribution in [-0.2, 0) is 0 Å². The minimum atomic E-state index is 0.693. The Morgan fingerprint density at radius 3 is 2.61 bits per heavy atom. The summed E-state index contributed by atoms with van der Waals surface area (Å²) < 4.78 is 0. The first kappa shape index (κ1) is 18.7. The molecule has 8 heteroatoms. The fraction of sp³-hybridized carbons (Fsp3) is 0.350. The third kappa shape index (κ3) is 4.43. The van der Waals surface area contributed by atoms with Gasteiger partial charge in [0.15, 0.2) is 0 Å². The predicted octanol–water partition coefficient (Wildman–Crippen LogP) is 2.95. The number of benzene rings is 1. The number of hydrogen-bond acceptors (Lipinski definition) is 7. The number of nitrogens with zero attached hydrogens (tertiary/aromatic N) is 5. The van der Waals surface area contributed by atoms with Gasteiger partial charge < -0.3 is 20.4 Å². The molecule has 2 N–H and O–H groups in total. The van der Waals surface area contributed by atoms with Gasteiger partial charge in [-0.15, -0.1) is 0 Å². The molecule has 0 bridgehead atoms. The molecular weight excluding hydrogens is 374 g/mol. The van der Waals surface area contributed by atoms with Gasteiger partial charge in [0.05, 0.1) is 5.52 Å². The Kier molecular flexibility index (Phi) is 5.73. The molecule has 1 fully saturated rings. The molecule has 28 heavy (non-hydrogen) atoms. The third-order valence-electron chi connectivity index (χ3n) is 4.88. The summed E-state index contributed by atoms with van der Waals surface area (Å²) in [4.78, 5) is 18.0. The van der Waals surface area contributed by atoms with Crippen LogP contribution in [0, 0.1) is 0 Å². The Morgan fingerprint density at radius 1 is 0.964 bits per heavy atom. The monoisotopic (exact) mass is 397 g/mol. The zero-order valence-electron chi connectivity index (χ0n) is 15.9. The van der Waals surface area contributed by atoms with Crippen LogP contribution in [0.3, 0.4) is 0 Å². The smallest absolute Gasteiger partial charge is 0.227 e. The lowest BCUT2D eigenvalue weighted by Gasteiger charge is -2.32. The lowest BCUT2D eigenvalue weighted by molar-refractivity contribution is 0.311. The van der Waals surface area contributed by atoms with Crippen molar-refractivity contribution in [1.82, 2.24) is 19.9 Å². The summed E-state index contributed by atoms with van der Waals surface area (Å²) in [7, 11) is 2.14. The Bertz CT molecular complexity index is 941. The number of anilines is 3. The van der Waals surface area contributed by atoms with Crippen molar-refractivity contribution in [2.24, 2.45) is 0 Å². The normalized spacial score (nSPS) is 15.0. The van der Waals surface area contributed by atoms with Crippen molar-refractivity contribution < 1.29 is 0 Å². The quantitative estimate of drug-likeness (QED) is 0.619. The molecule has 0 unspecified atom stereocenters. The van der Waals surface area contributed by atoms with Crippen LogP contribution in [0.2, 0.25) is 5.02 Å². The van der Waals surface area contributed by atoms with E-state index in [0.29, 0.717) is 5.02 Å². The zero-order valence-corrected chi connectivity index (χ0v) is 16.7. The molecule has 1 aromatic carbocycles. The van der Waals surface area contributed by atoms with Gasteiger partial charge in [0, 0.05) is 67.8 Å². The van der Waals surface area contributed by atoms with Gasteiger partial charge in [0.2, 0.25) is 5.95 Å². The molecule has 7 nitrogen and oxygen atoms in total. The molecule has 146 valence electrons. The number of piperazine rings is 1. The predicted molar refractivity (Wildman–Crippen MR) is 115 cm³/mol. The van der Waals surface area contributed by atoms with Crippen LogP contribution in [0.4, 0.5) is 17.5 Å². The minimum absolute atomic E-state index is 0.693. The number of hydrogen-bond donors (Lipinski definition) is 2. The van der Waals surface area contributed by atoms with Crippen LogP contribution in [0.1, 0.15) is 0 Å². The Morgan fingerprint density at radius 2 is 1.75 bits per heavy atom. The highest BCUT2D eigenvalue weighted by molar-refractivity contribution is 6.31. The number of nitrogens with one attached hydrogen (secondary N) is 2. The number of likely N-dealkylation sites (N-methyl/N-ethyl adjacent to an activating group) is 1. The average Bonchev–Trinajstić information content (AvgIpc) is 2.72. The molecule has 0 aliphatic carbocycles. The van der Waals surface area contributed by atoms with Crippen molar-refractivity contribution in [3.8, 4) is 0 Å². The van der Waals surface area contributed by atoms with Crippen LogP contribution in [0.25, 0.3) is 10.9 Å². The number of pyridine rings is 1. The molecule has 2 aromatic heterocycles. The maximum atomic E-state index is 6.05. The lowest BCUT2D eigenvalue weighted by atomic mass is 10.2. The van der Waals surface area contributed by atoms with E-state index < -0.39 is 0 Å². The van der Waals surface area contributed by atoms with Crippen molar-refractivity contribution in [1.29, 1.82) is 0 Å². The lowest BCUT2D eigenvalue weighted by Crippen LogP contribution is -2.45. The molecule has 0 spiro atoms. The molecule has 0 saturated carbocycles. The van der Waals surface area contributed by atoms with Crippen molar-refractivity contribution >= 4 is 40.0 Å². The molecule has 1 aliphatic rings. The molecule has 0 atom stereocenters. The van der Waals surface area contributed by atoms with Crippen molar-refractivity contribution in [2.45, 2.75) is 0 Å². The van der Waals surface area contributed by atoms with Gasteiger partial charge >= 0.3 is 0 Å².